The lowest BCUT2D eigenvalue weighted by Crippen LogP contribution is -2.18. The van der Waals surface area contributed by atoms with Gasteiger partial charge in [-0.15, -0.1) is 0 Å². The molecule has 0 unspecified atom stereocenters. The predicted octanol–water partition coefficient (Wildman–Crippen LogP) is 5.30. The molecule has 0 radical (unpaired) electrons. The summed E-state index contributed by atoms with van der Waals surface area (Å²) in [5, 5.41) is 3.31. The Balaban J connectivity index is 1.93. The van der Waals surface area contributed by atoms with Gasteiger partial charge in [-0.05, 0) is 57.5 Å². The largest absolute Gasteiger partial charge is 0.326 e. The Morgan fingerprint density at radius 3 is 2.32 bits per heavy atom. The molecule has 0 aliphatic rings. The number of aryl methyl sites for hydroxylation is 3. The minimum absolute atomic E-state index is 0.616. The lowest BCUT2D eigenvalue weighted by atomic mass is 10.2. The highest BCUT2D eigenvalue weighted by molar-refractivity contribution is 5.63. The molecular formula is C21H24N4. The van der Waals surface area contributed by atoms with Crippen LogP contribution in [0.15, 0.2) is 54.6 Å². The summed E-state index contributed by atoms with van der Waals surface area (Å²) in [6, 6.07) is 18.7. The average molecular weight is 332 g/mol. The summed E-state index contributed by atoms with van der Waals surface area (Å²) in [6.07, 6.45) is 0. The normalized spacial score (nSPS) is 10.6. The molecule has 0 amide bonds. The van der Waals surface area contributed by atoms with E-state index in [0.29, 0.717) is 5.95 Å². The Hall–Kier alpha value is -2.88. The van der Waals surface area contributed by atoms with Gasteiger partial charge in [0.05, 0.1) is 0 Å². The van der Waals surface area contributed by atoms with Crippen LogP contribution in [0, 0.1) is 20.8 Å². The number of rotatable bonds is 5. The second-order valence-corrected chi connectivity index (χ2v) is 6.27. The fourth-order valence-electron chi connectivity index (χ4n) is 2.78. The minimum Gasteiger partial charge on any atom is -0.326 e. The van der Waals surface area contributed by atoms with Crippen LogP contribution in [0.25, 0.3) is 0 Å². The van der Waals surface area contributed by atoms with Crippen molar-refractivity contribution in [2.75, 3.05) is 16.8 Å². The summed E-state index contributed by atoms with van der Waals surface area (Å²) in [4.78, 5) is 11.5. The maximum absolute atomic E-state index is 4.73. The SMILES string of the molecule is CCN(c1cccc(C)c1)c1cc(C)nc(Nc2ccc(C)cc2)n1. The van der Waals surface area contributed by atoms with Gasteiger partial charge in [-0.1, -0.05) is 29.8 Å². The first-order valence-corrected chi connectivity index (χ1v) is 8.59. The van der Waals surface area contributed by atoms with Gasteiger partial charge in [0.2, 0.25) is 5.95 Å². The van der Waals surface area contributed by atoms with Gasteiger partial charge in [0.25, 0.3) is 0 Å². The van der Waals surface area contributed by atoms with Gasteiger partial charge in [0.15, 0.2) is 0 Å². The van der Waals surface area contributed by atoms with Gasteiger partial charge in [-0.2, -0.15) is 4.98 Å². The number of hydrogen-bond acceptors (Lipinski definition) is 4. The van der Waals surface area contributed by atoms with Gasteiger partial charge in [-0.25, -0.2) is 4.98 Å². The lowest BCUT2D eigenvalue weighted by Gasteiger charge is -2.23. The van der Waals surface area contributed by atoms with Crippen LogP contribution in [0.3, 0.4) is 0 Å². The summed E-state index contributed by atoms with van der Waals surface area (Å²) in [5.74, 6) is 1.51. The van der Waals surface area contributed by atoms with E-state index >= 15 is 0 Å². The number of nitrogens with one attached hydrogen (secondary N) is 1. The maximum atomic E-state index is 4.73. The van der Waals surface area contributed by atoms with Crippen LogP contribution in [-0.2, 0) is 0 Å². The maximum Gasteiger partial charge on any atom is 0.229 e. The second-order valence-electron chi connectivity index (χ2n) is 6.27. The predicted molar refractivity (Wildman–Crippen MR) is 105 cm³/mol. The zero-order valence-electron chi connectivity index (χ0n) is 15.2. The number of hydrogen-bond donors (Lipinski definition) is 1. The molecule has 0 aliphatic carbocycles. The van der Waals surface area contributed by atoms with Gasteiger partial charge in [-0.3, -0.25) is 0 Å². The molecule has 3 aromatic rings. The molecule has 0 aliphatic heterocycles. The van der Waals surface area contributed by atoms with Crippen LogP contribution in [-0.4, -0.2) is 16.5 Å². The van der Waals surface area contributed by atoms with Crippen molar-refractivity contribution < 1.29 is 0 Å². The molecule has 0 atom stereocenters. The molecule has 25 heavy (non-hydrogen) atoms. The van der Waals surface area contributed by atoms with Crippen molar-refractivity contribution in [3.05, 3.63) is 71.4 Å². The first-order chi connectivity index (χ1) is 12.0. The molecule has 1 aromatic heterocycles. The molecule has 0 bridgehead atoms. The smallest absolute Gasteiger partial charge is 0.229 e. The zero-order valence-corrected chi connectivity index (χ0v) is 15.2. The van der Waals surface area contributed by atoms with E-state index in [1.807, 2.05) is 25.1 Å². The van der Waals surface area contributed by atoms with Crippen molar-refractivity contribution in [3.8, 4) is 0 Å². The van der Waals surface area contributed by atoms with Gasteiger partial charge < -0.3 is 10.2 Å². The molecule has 0 fully saturated rings. The van der Waals surface area contributed by atoms with E-state index in [0.717, 1.165) is 29.4 Å². The Morgan fingerprint density at radius 2 is 1.64 bits per heavy atom. The third-order valence-electron chi connectivity index (χ3n) is 4.05. The van der Waals surface area contributed by atoms with Gasteiger partial charge in [0, 0.05) is 29.7 Å². The molecule has 1 heterocycles. The van der Waals surface area contributed by atoms with E-state index < -0.39 is 0 Å². The van der Waals surface area contributed by atoms with E-state index in [2.05, 4.69) is 72.4 Å². The molecule has 2 aromatic carbocycles. The monoisotopic (exact) mass is 332 g/mol. The van der Waals surface area contributed by atoms with Crippen molar-refractivity contribution in [2.45, 2.75) is 27.7 Å². The number of benzene rings is 2. The van der Waals surface area contributed by atoms with Crippen LogP contribution in [0.4, 0.5) is 23.1 Å². The second kappa shape index (κ2) is 7.34. The molecule has 4 nitrogen and oxygen atoms in total. The molecule has 1 N–H and O–H groups in total. The Bertz CT molecular complexity index is 856. The topological polar surface area (TPSA) is 41.1 Å². The van der Waals surface area contributed by atoms with Gasteiger partial charge >= 0.3 is 0 Å². The quantitative estimate of drug-likeness (QED) is 0.688. The van der Waals surface area contributed by atoms with E-state index in [9.17, 15) is 0 Å². The fourth-order valence-corrected chi connectivity index (χ4v) is 2.78. The highest BCUT2D eigenvalue weighted by atomic mass is 15.2. The van der Waals surface area contributed by atoms with Crippen LogP contribution in [0.2, 0.25) is 0 Å². The third-order valence-corrected chi connectivity index (χ3v) is 4.05. The first kappa shape index (κ1) is 17.0. The third kappa shape index (κ3) is 4.15. The summed E-state index contributed by atoms with van der Waals surface area (Å²) in [5.41, 5.74) is 5.53. The van der Waals surface area contributed by atoms with Crippen molar-refractivity contribution >= 4 is 23.1 Å². The summed E-state index contributed by atoms with van der Waals surface area (Å²) in [7, 11) is 0. The van der Waals surface area contributed by atoms with Crippen LogP contribution in [0.1, 0.15) is 23.7 Å². The van der Waals surface area contributed by atoms with Crippen LogP contribution < -0.4 is 10.2 Å². The summed E-state index contributed by atoms with van der Waals surface area (Å²) >= 11 is 0. The van der Waals surface area contributed by atoms with Crippen molar-refractivity contribution in [2.24, 2.45) is 0 Å². The Kier molecular flexibility index (Phi) is 4.98. The van der Waals surface area contributed by atoms with E-state index in [4.69, 9.17) is 4.98 Å². The number of aromatic nitrogens is 2. The average Bonchev–Trinajstić information content (AvgIpc) is 2.57. The number of anilines is 4. The molecule has 0 saturated heterocycles. The van der Waals surface area contributed by atoms with Gasteiger partial charge in [0.1, 0.15) is 5.82 Å². The van der Waals surface area contributed by atoms with Crippen molar-refractivity contribution in [1.29, 1.82) is 0 Å². The molecule has 3 rings (SSSR count). The minimum atomic E-state index is 0.616. The van der Waals surface area contributed by atoms with Crippen molar-refractivity contribution in [1.82, 2.24) is 9.97 Å². The Labute approximate surface area is 149 Å². The summed E-state index contributed by atoms with van der Waals surface area (Å²) < 4.78 is 0. The van der Waals surface area contributed by atoms with Crippen molar-refractivity contribution in [3.63, 3.8) is 0 Å². The Morgan fingerprint density at radius 1 is 0.880 bits per heavy atom. The zero-order chi connectivity index (χ0) is 17.8. The first-order valence-electron chi connectivity index (χ1n) is 8.59. The van der Waals surface area contributed by atoms with E-state index in [1.165, 1.54) is 11.1 Å². The highest BCUT2D eigenvalue weighted by Gasteiger charge is 2.11. The van der Waals surface area contributed by atoms with Crippen LogP contribution in [0.5, 0.6) is 0 Å². The molecule has 0 spiro atoms. The number of nitrogens with zero attached hydrogens (tertiary/aromatic N) is 3. The molecule has 0 saturated carbocycles. The van der Waals surface area contributed by atoms with E-state index in [1.54, 1.807) is 0 Å². The highest BCUT2D eigenvalue weighted by Crippen LogP contribution is 2.26. The standard InChI is InChI=1S/C21H24N4/c1-5-25(19-8-6-7-16(3)13-19)20-14-17(4)22-21(24-20)23-18-11-9-15(2)10-12-18/h6-14H,5H2,1-4H3,(H,22,23,24). The molecule has 4 heteroatoms. The van der Waals surface area contributed by atoms with Crippen LogP contribution >= 0.6 is 0 Å². The molecule has 128 valence electrons. The van der Waals surface area contributed by atoms with E-state index in [-0.39, 0.29) is 0 Å². The lowest BCUT2D eigenvalue weighted by molar-refractivity contribution is 0.968. The fraction of sp³-hybridized carbons (Fsp3) is 0.238. The molecular weight excluding hydrogens is 308 g/mol. The summed E-state index contributed by atoms with van der Waals surface area (Å²) in [6.45, 7) is 9.14.